The van der Waals surface area contributed by atoms with Gasteiger partial charge in [-0.2, -0.15) is 0 Å². The van der Waals surface area contributed by atoms with E-state index in [1.807, 2.05) is 0 Å². The van der Waals surface area contributed by atoms with Crippen molar-refractivity contribution >= 4 is 11.9 Å². The number of hydrogen-bond acceptors (Lipinski definition) is 5. The number of carboxylic acids is 1. The van der Waals surface area contributed by atoms with Gasteiger partial charge in [0, 0.05) is 31.9 Å². The third-order valence-corrected chi connectivity index (χ3v) is 4.07. The first-order chi connectivity index (χ1) is 9.15. The van der Waals surface area contributed by atoms with Crippen LogP contribution in [0.4, 0.5) is 5.95 Å². The summed E-state index contributed by atoms with van der Waals surface area (Å²) in [7, 11) is 0. The second-order valence-electron chi connectivity index (χ2n) is 5.25. The van der Waals surface area contributed by atoms with Crippen LogP contribution in [0.25, 0.3) is 0 Å². The zero-order valence-electron chi connectivity index (χ0n) is 11.0. The van der Waals surface area contributed by atoms with Crippen molar-refractivity contribution < 1.29 is 9.90 Å². The molecule has 1 atom stereocenters. The summed E-state index contributed by atoms with van der Waals surface area (Å²) in [6.07, 6.45) is 3.93. The maximum Gasteiger partial charge on any atom is 0.339 e. The van der Waals surface area contributed by atoms with E-state index in [0.29, 0.717) is 17.7 Å². The lowest BCUT2D eigenvalue weighted by atomic mass is 10.1. The number of carbonyl (C=O) groups is 1. The number of anilines is 1. The van der Waals surface area contributed by atoms with E-state index < -0.39 is 5.97 Å². The molecule has 0 bridgehead atoms. The van der Waals surface area contributed by atoms with Crippen molar-refractivity contribution in [1.82, 2.24) is 14.9 Å². The fraction of sp³-hybridized carbons (Fsp3) is 0.615. The van der Waals surface area contributed by atoms with Crippen molar-refractivity contribution in [1.29, 1.82) is 0 Å². The van der Waals surface area contributed by atoms with Crippen LogP contribution in [-0.2, 0) is 0 Å². The Morgan fingerprint density at radius 3 is 3.00 bits per heavy atom. The summed E-state index contributed by atoms with van der Waals surface area (Å²) in [6, 6.07) is 0.608. The summed E-state index contributed by atoms with van der Waals surface area (Å²) in [6.45, 7) is 5.85. The Hall–Kier alpha value is -1.69. The molecule has 2 aliphatic heterocycles. The highest BCUT2D eigenvalue weighted by Gasteiger charge is 2.31. The van der Waals surface area contributed by atoms with Gasteiger partial charge in [-0.25, -0.2) is 14.8 Å². The van der Waals surface area contributed by atoms with Crippen molar-refractivity contribution in [2.24, 2.45) is 0 Å². The topological polar surface area (TPSA) is 69.6 Å². The quantitative estimate of drug-likeness (QED) is 0.849. The van der Waals surface area contributed by atoms with E-state index in [4.69, 9.17) is 5.11 Å². The van der Waals surface area contributed by atoms with E-state index in [2.05, 4.69) is 19.8 Å². The second kappa shape index (κ2) is 4.77. The molecule has 1 unspecified atom stereocenters. The van der Waals surface area contributed by atoms with Gasteiger partial charge in [0.1, 0.15) is 0 Å². The highest BCUT2D eigenvalue weighted by atomic mass is 16.4. The van der Waals surface area contributed by atoms with E-state index in [1.54, 1.807) is 6.92 Å². The number of carboxylic acid groups (broad SMARTS) is 1. The van der Waals surface area contributed by atoms with Crippen LogP contribution >= 0.6 is 0 Å². The smallest absolute Gasteiger partial charge is 0.339 e. The van der Waals surface area contributed by atoms with Gasteiger partial charge in [-0.05, 0) is 26.3 Å². The number of aromatic carboxylic acids is 1. The largest absolute Gasteiger partial charge is 0.478 e. The van der Waals surface area contributed by atoms with Gasteiger partial charge in [0.25, 0.3) is 0 Å². The Morgan fingerprint density at radius 1 is 1.42 bits per heavy atom. The summed E-state index contributed by atoms with van der Waals surface area (Å²) >= 11 is 0. The average molecular weight is 262 g/mol. The van der Waals surface area contributed by atoms with E-state index in [1.165, 1.54) is 25.6 Å². The van der Waals surface area contributed by atoms with Gasteiger partial charge in [0.2, 0.25) is 5.95 Å². The van der Waals surface area contributed by atoms with Gasteiger partial charge in [-0.1, -0.05) is 0 Å². The fourth-order valence-electron chi connectivity index (χ4n) is 2.99. The molecule has 1 aromatic rings. The summed E-state index contributed by atoms with van der Waals surface area (Å²) in [5, 5.41) is 8.99. The van der Waals surface area contributed by atoms with Crippen LogP contribution in [0.3, 0.4) is 0 Å². The van der Waals surface area contributed by atoms with Gasteiger partial charge in [0.15, 0.2) is 0 Å². The van der Waals surface area contributed by atoms with Crippen LogP contribution in [0.2, 0.25) is 0 Å². The molecule has 2 aliphatic rings. The van der Waals surface area contributed by atoms with E-state index in [0.717, 1.165) is 19.6 Å². The van der Waals surface area contributed by atoms with Gasteiger partial charge in [-0.15, -0.1) is 0 Å². The molecular formula is C13H18N4O2. The Kier molecular flexibility index (Phi) is 3.10. The predicted molar refractivity (Wildman–Crippen MR) is 70.5 cm³/mol. The molecule has 3 heterocycles. The number of aromatic nitrogens is 2. The summed E-state index contributed by atoms with van der Waals surface area (Å²) < 4.78 is 0. The van der Waals surface area contributed by atoms with Crippen LogP contribution in [-0.4, -0.2) is 58.2 Å². The molecule has 6 heteroatoms. The molecule has 0 spiro atoms. The third kappa shape index (κ3) is 2.28. The van der Waals surface area contributed by atoms with E-state index >= 15 is 0 Å². The van der Waals surface area contributed by atoms with Gasteiger partial charge >= 0.3 is 5.97 Å². The predicted octanol–water partition coefficient (Wildman–Crippen LogP) is 0.768. The fourth-order valence-corrected chi connectivity index (χ4v) is 2.99. The molecule has 0 radical (unpaired) electrons. The standard InChI is InChI=1S/C13H18N4O2/c1-9-11(12(18)19)7-14-13(15-9)17-6-5-16-4-2-3-10(16)8-17/h7,10H,2-6,8H2,1H3,(H,18,19). The zero-order valence-corrected chi connectivity index (χ0v) is 11.0. The molecule has 2 fully saturated rings. The highest BCUT2D eigenvalue weighted by molar-refractivity contribution is 5.88. The number of piperazine rings is 1. The summed E-state index contributed by atoms with van der Waals surface area (Å²) in [4.78, 5) is 24.2. The second-order valence-corrected chi connectivity index (χ2v) is 5.25. The van der Waals surface area contributed by atoms with Crippen molar-refractivity contribution in [2.75, 3.05) is 31.1 Å². The number of aryl methyl sites for hydroxylation is 1. The number of rotatable bonds is 2. The van der Waals surface area contributed by atoms with Crippen molar-refractivity contribution in [3.8, 4) is 0 Å². The lowest BCUT2D eigenvalue weighted by Crippen LogP contribution is -2.50. The summed E-state index contributed by atoms with van der Waals surface area (Å²) in [5.74, 6) is -0.307. The molecule has 3 rings (SSSR count). The molecular weight excluding hydrogens is 244 g/mol. The molecule has 0 amide bonds. The van der Waals surface area contributed by atoms with Crippen LogP contribution in [0.15, 0.2) is 6.20 Å². The Labute approximate surface area is 112 Å². The Bertz CT molecular complexity index is 505. The minimum Gasteiger partial charge on any atom is -0.478 e. The first-order valence-corrected chi connectivity index (χ1v) is 6.71. The minimum absolute atomic E-state index is 0.184. The van der Waals surface area contributed by atoms with E-state index in [-0.39, 0.29) is 5.56 Å². The minimum atomic E-state index is -0.968. The Balaban J connectivity index is 1.79. The molecule has 102 valence electrons. The van der Waals surface area contributed by atoms with Crippen molar-refractivity contribution in [2.45, 2.75) is 25.8 Å². The van der Waals surface area contributed by atoms with Gasteiger partial charge in [-0.3, -0.25) is 4.90 Å². The SMILES string of the molecule is Cc1nc(N2CCN3CCCC3C2)ncc1C(=O)O. The molecule has 1 aromatic heterocycles. The lowest BCUT2D eigenvalue weighted by Gasteiger charge is -2.37. The van der Waals surface area contributed by atoms with E-state index in [9.17, 15) is 4.79 Å². The first kappa shape index (κ1) is 12.3. The van der Waals surface area contributed by atoms with Gasteiger partial charge < -0.3 is 10.0 Å². The van der Waals surface area contributed by atoms with Crippen LogP contribution in [0.1, 0.15) is 28.9 Å². The average Bonchev–Trinajstić information content (AvgIpc) is 2.85. The molecule has 2 saturated heterocycles. The lowest BCUT2D eigenvalue weighted by molar-refractivity contribution is 0.0695. The zero-order chi connectivity index (χ0) is 13.4. The molecule has 0 aromatic carbocycles. The number of fused-ring (bicyclic) bond motifs is 1. The van der Waals surface area contributed by atoms with Gasteiger partial charge in [0.05, 0.1) is 11.3 Å². The van der Waals surface area contributed by atoms with Crippen LogP contribution < -0.4 is 4.90 Å². The maximum atomic E-state index is 11.0. The monoisotopic (exact) mass is 262 g/mol. The number of nitrogens with zero attached hydrogens (tertiary/aromatic N) is 4. The third-order valence-electron chi connectivity index (χ3n) is 4.07. The molecule has 6 nitrogen and oxygen atoms in total. The molecule has 1 N–H and O–H groups in total. The van der Waals surface area contributed by atoms with Crippen molar-refractivity contribution in [3.05, 3.63) is 17.5 Å². The molecule has 0 aliphatic carbocycles. The van der Waals surface area contributed by atoms with Crippen molar-refractivity contribution in [3.63, 3.8) is 0 Å². The normalized spacial score (nSPS) is 23.4. The molecule has 19 heavy (non-hydrogen) atoms. The molecule has 0 saturated carbocycles. The number of hydrogen-bond donors (Lipinski definition) is 1. The highest BCUT2D eigenvalue weighted by Crippen LogP contribution is 2.23. The van der Waals surface area contributed by atoms with Crippen LogP contribution in [0.5, 0.6) is 0 Å². The Morgan fingerprint density at radius 2 is 2.26 bits per heavy atom. The maximum absolute atomic E-state index is 11.0. The summed E-state index contributed by atoms with van der Waals surface area (Å²) in [5.41, 5.74) is 0.717. The van der Waals surface area contributed by atoms with Crippen LogP contribution in [0, 0.1) is 6.92 Å². The first-order valence-electron chi connectivity index (χ1n) is 6.71.